The SMILES string of the molecule is COc1ccc(-n2c(C)nc3ccc(-c4ccncc4)cc32)cc1. The normalized spacial score (nSPS) is 10.9. The fourth-order valence-corrected chi connectivity index (χ4v) is 2.98. The van der Waals surface area contributed by atoms with Crippen LogP contribution in [0, 0.1) is 6.92 Å². The molecule has 118 valence electrons. The van der Waals surface area contributed by atoms with Crippen LogP contribution >= 0.6 is 0 Å². The minimum atomic E-state index is 0.846. The van der Waals surface area contributed by atoms with Crippen LogP contribution in [-0.4, -0.2) is 21.6 Å². The van der Waals surface area contributed by atoms with Gasteiger partial charge in [-0.1, -0.05) is 6.07 Å². The highest BCUT2D eigenvalue weighted by Crippen LogP contribution is 2.27. The molecule has 0 amide bonds. The average Bonchev–Trinajstić information content (AvgIpc) is 2.97. The lowest BCUT2D eigenvalue weighted by Gasteiger charge is -2.09. The van der Waals surface area contributed by atoms with Crippen molar-refractivity contribution in [1.29, 1.82) is 0 Å². The number of methoxy groups -OCH3 is 1. The molecular weight excluding hydrogens is 298 g/mol. The molecule has 0 aliphatic heterocycles. The number of benzene rings is 2. The number of pyridine rings is 1. The third kappa shape index (κ3) is 2.42. The third-order valence-electron chi connectivity index (χ3n) is 4.17. The van der Waals surface area contributed by atoms with Gasteiger partial charge in [0.1, 0.15) is 11.6 Å². The molecule has 0 saturated heterocycles. The summed E-state index contributed by atoms with van der Waals surface area (Å²) in [7, 11) is 1.67. The number of nitrogens with zero attached hydrogens (tertiary/aromatic N) is 3. The lowest BCUT2D eigenvalue weighted by molar-refractivity contribution is 0.415. The second-order valence-electron chi connectivity index (χ2n) is 5.63. The number of imidazole rings is 1. The van der Waals surface area contributed by atoms with Crippen LogP contribution in [0.3, 0.4) is 0 Å². The third-order valence-corrected chi connectivity index (χ3v) is 4.17. The van der Waals surface area contributed by atoms with Gasteiger partial charge in [-0.25, -0.2) is 4.98 Å². The van der Waals surface area contributed by atoms with Gasteiger partial charge in [0.25, 0.3) is 0 Å². The van der Waals surface area contributed by atoms with E-state index in [1.54, 1.807) is 7.11 Å². The second kappa shape index (κ2) is 5.81. The van der Waals surface area contributed by atoms with Gasteiger partial charge < -0.3 is 4.74 Å². The molecule has 4 rings (SSSR count). The van der Waals surface area contributed by atoms with E-state index in [0.717, 1.165) is 39.4 Å². The molecule has 2 heterocycles. The molecule has 4 heteroatoms. The van der Waals surface area contributed by atoms with E-state index in [4.69, 9.17) is 4.74 Å². The van der Waals surface area contributed by atoms with Gasteiger partial charge in [0, 0.05) is 18.1 Å². The van der Waals surface area contributed by atoms with Crippen molar-refractivity contribution in [2.75, 3.05) is 7.11 Å². The van der Waals surface area contributed by atoms with Gasteiger partial charge in [-0.2, -0.15) is 0 Å². The van der Waals surface area contributed by atoms with E-state index in [9.17, 15) is 0 Å². The van der Waals surface area contributed by atoms with Gasteiger partial charge in [-0.15, -0.1) is 0 Å². The molecule has 0 unspecified atom stereocenters. The molecule has 4 aromatic rings. The van der Waals surface area contributed by atoms with Gasteiger partial charge in [0.15, 0.2) is 0 Å². The van der Waals surface area contributed by atoms with Crippen LogP contribution in [0.15, 0.2) is 67.0 Å². The topological polar surface area (TPSA) is 39.9 Å². The molecule has 2 aromatic heterocycles. The number of hydrogen-bond donors (Lipinski definition) is 0. The van der Waals surface area contributed by atoms with Crippen molar-refractivity contribution in [3.05, 3.63) is 72.8 Å². The first kappa shape index (κ1) is 14.5. The summed E-state index contributed by atoms with van der Waals surface area (Å²) in [4.78, 5) is 8.78. The molecular formula is C20H17N3O. The van der Waals surface area contributed by atoms with Crippen LogP contribution in [0.2, 0.25) is 0 Å². The summed E-state index contributed by atoms with van der Waals surface area (Å²) >= 11 is 0. The lowest BCUT2D eigenvalue weighted by atomic mass is 10.1. The number of ether oxygens (including phenoxy) is 1. The van der Waals surface area contributed by atoms with Crippen LogP contribution in [0.4, 0.5) is 0 Å². The van der Waals surface area contributed by atoms with Crippen molar-refractivity contribution in [2.45, 2.75) is 6.92 Å². The minimum Gasteiger partial charge on any atom is -0.497 e. The van der Waals surface area contributed by atoms with Crippen molar-refractivity contribution < 1.29 is 4.74 Å². The van der Waals surface area contributed by atoms with Crippen LogP contribution < -0.4 is 4.74 Å². The van der Waals surface area contributed by atoms with Gasteiger partial charge >= 0.3 is 0 Å². The molecule has 2 aromatic carbocycles. The molecule has 0 radical (unpaired) electrons. The Morgan fingerprint density at radius 3 is 2.33 bits per heavy atom. The summed E-state index contributed by atoms with van der Waals surface area (Å²) in [5, 5.41) is 0. The predicted octanol–water partition coefficient (Wildman–Crippen LogP) is 4.40. The number of hydrogen-bond acceptors (Lipinski definition) is 3. The Bertz CT molecular complexity index is 989. The zero-order valence-corrected chi connectivity index (χ0v) is 13.6. The van der Waals surface area contributed by atoms with Gasteiger partial charge in [0.05, 0.1) is 18.1 Å². The van der Waals surface area contributed by atoms with Crippen molar-refractivity contribution in [3.8, 4) is 22.6 Å². The van der Waals surface area contributed by atoms with Gasteiger partial charge in [0.2, 0.25) is 0 Å². The fraction of sp³-hybridized carbons (Fsp3) is 0.100. The highest BCUT2D eigenvalue weighted by Gasteiger charge is 2.11. The smallest absolute Gasteiger partial charge is 0.119 e. The van der Waals surface area contributed by atoms with Crippen molar-refractivity contribution in [3.63, 3.8) is 0 Å². The maximum atomic E-state index is 5.25. The van der Waals surface area contributed by atoms with Gasteiger partial charge in [-0.3, -0.25) is 9.55 Å². The molecule has 0 bridgehead atoms. The lowest BCUT2D eigenvalue weighted by Crippen LogP contribution is -1.97. The molecule has 0 saturated carbocycles. The molecule has 0 atom stereocenters. The maximum absolute atomic E-state index is 5.25. The Morgan fingerprint density at radius 1 is 0.875 bits per heavy atom. The molecule has 0 N–H and O–H groups in total. The van der Waals surface area contributed by atoms with E-state index in [0.29, 0.717) is 0 Å². The average molecular weight is 315 g/mol. The van der Waals surface area contributed by atoms with E-state index >= 15 is 0 Å². The summed E-state index contributed by atoms with van der Waals surface area (Å²) in [6.07, 6.45) is 3.62. The molecule has 4 nitrogen and oxygen atoms in total. The first-order chi connectivity index (χ1) is 11.8. The zero-order valence-electron chi connectivity index (χ0n) is 13.6. The second-order valence-corrected chi connectivity index (χ2v) is 5.63. The quantitative estimate of drug-likeness (QED) is 0.562. The number of rotatable bonds is 3. The number of aryl methyl sites for hydroxylation is 1. The van der Waals surface area contributed by atoms with E-state index in [2.05, 4.69) is 32.7 Å². The monoisotopic (exact) mass is 315 g/mol. The Kier molecular flexibility index (Phi) is 3.50. The summed E-state index contributed by atoms with van der Waals surface area (Å²) in [6, 6.07) is 18.4. The standard InChI is InChI=1S/C20H17N3O/c1-14-22-19-8-3-16(15-9-11-21-12-10-15)13-20(19)23(14)17-4-6-18(24-2)7-5-17/h3-13H,1-2H3. The molecule has 0 aliphatic carbocycles. The van der Waals surface area contributed by atoms with Crippen LogP contribution in [0.1, 0.15) is 5.82 Å². The summed E-state index contributed by atoms with van der Waals surface area (Å²) in [5.74, 6) is 1.81. The largest absolute Gasteiger partial charge is 0.497 e. The highest BCUT2D eigenvalue weighted by molar-refractivity contribution is 5.84. The molecule has 0 aliphatic rings. The summed E-state index contributed by atoms with van der Waals surface area (Å²) < 4.78 is 7.42. The Morgan fingerprint density at radius 2 is 1.62 bits per heavy atom. The first-order valence-electron chi connectivity index (χ1n) is 7.80. The van der Waals surface area contributed by atoms with Crippen molar-refractivity contribution >= 4 is 11.0 Å². The fourth-order valence-electron chi connectivity index (χ4n) is 2.98. The molecule has 24 heavy (non-hydrogen) atoms. The summed E-state index contributed by atoms with van der Waals surface area (Å²) in [6.45, 7) is 2.02. The zero-order chi connectivity index (χ0) is 16.5. The van der Waals surface area contributed by atoms with Gasteiger partial charge in [-0.05, 0) is 66.6 Å². The van der Waals surface area contributed by atoms with E-state index in [-0.39, 0.29) is 0 Å². The first-order valence-corrected chi connectivity index (χ1v) is 7.80. The number of fused-ring (bicyclic) bond motifs is 1. The van der Waals surface area contributed by atoms with Crippen LogP contribution in [0.25, 0.3) is 27.8 Å². The van der Waals surface area contributed by atoms with E-state index in [1.165, 1.54) is 0 Å². The van der Waals surface area contributed by atoms with Crippen LogP contribution in [0.5, 0.6) is 5.75 Å². The maximum Gasteiger partial charge on any atom is 0.119 e. The molecule has 0 spiro atoms. The number of aromatic nitrogens is 3. The minimum absolute atomic E-state index is 0.846. The Labute approximate surface area is 140 Å². The van der Waals surface area contributed by atoms with Crippen LogP contribution in [-0.2, 0) is 0 Å². The van der Waals surface area contributed by atoms with Crippen molar-refractivity contribution in [1.82, 2.24) is 14.5 Å². The molecule has 0 fully saturated rings. The Hall–Kier alpha value is -3.14. The van der Waals surface area contributed by atoms with Crippen molar-refractivity contribution in [2.24, 2.45) is 0 Å². The highest BCUT2D eigenvalue weighted by atomic mass is 16.5. The van der Waals surface area contributed by atoms with E-state index in [1.807, 2.05) is 55.7 Å². The summed E-state index contributed by atoms with van der Waals surface area (Å²) in [5.41, 5.74) is 5.45. The van der Waals surface area contributed by atoms with E-state index < -0.39 is 0 Å². The Balaban J connectivity index is 1.89. The predicted molar refractivity (Wildman–Crippen MR) is 95.6 cm³/mol.